The zero-order valence-corrected chi connectivity index (χ0v) is 7.81. The van der Waals surface area contributed by atoms with E-state index < -0.39 is 0 Å². The topological polar surface area (TPSA) is 0 Å². The van der Waals surface area contributed by atoms with E-state index in [4.69, 9.17) is 0 Å². The van der Waals surface area contributed by atoms with E-state index in [0.29, 0.717) is 0 Å². The van der Waals surface area contributed by atoms with Crippen LogP contribution in [0.3, 0.4) is 0 Å². The summed E-state index contributed by atoms with van der Waals surface area (Å²) in [5.41, 5.74) is 1.87. The zero-order valence-electron chi connectivity index (χ0n) is 7.81. The van der Waals surface area contributed by atoms with Gasteiger partial charge in [0, 0.05) is 0 Å². The molecule has 0 amide bonds. The summed E-state index contributed by atoms with van der Waals surface area (Å²) < 4.78 is 0. The summed E-state index contributed by atoms with van der Waals surface area (Å²) in [7, 11) is 0. The average Bonchev–Trinajstić information content (AvgIpc) is 2.70. The van der Waals surface area contributed by atoms with Crippen LogP contribution in [0.25, 0.3) is 0 Å². The van der Waals surface area contributed by atoms with E-state index in [1.54, 1.807) is 51.4 Å². The quantitative estimate of drug-likeness (QED) is 0.512. The fourth-order valence-electron chi connectivity index (χ4n) is 5.69. The largest absolute Gasteiger partial charge is 0.0530 e. The molecule has 0 aromatic heterocycles. The normalized spacial score (nSPS) is 66.0. The third-order valence-corrected chi connectivity index (χ3v) is 5.87. The molecule has 0 spiro atoms. The van der Waals surface area contributed by atoms with Crippen LogP contribution in [0.15, 0.2) is 0 Å². The lowest BCUT2D eigenvalue weighted by molar-refractivity contribution is 0.114. The van der Waals surface area contributed by atoms with Crippen molar-refractivity contribution in [3.05, 3.63) is 0 Å². The molecule has 0 heteroatoms. The van der Waals surface area contributed by atoms with E-state index in [1.165, 1.54) is 11.8 Å². The molecule has 66 valence electrons. The molecule has 0 N–H and O–H groups in total. The Kier molecular flexibility index (Phi) is 0.875. The Morgan fingerprint density at radius 1 is 0.750 bits per heavy atom. The van der Waals surface area contributed by atoms with Crippen molar-refractivity contribution in [2.45, 2.75) is 51.4 Å². The molecule has 2 unspecified atom stereocenters. The van der Waals surface area contributed by atoms with Crippen molar-refractivity contribution < 1.29 is 0 Å². The van der Waals surface area contributed by atoms with Crippen LogP contribution < -0.4 is 0 Å². The SMILES string of the molecule is C1CCC2C(C1)C13CCC2(C1)C3. The summed E-state index contributed by atoms with van der Waals surface area (Å²) in [6, 6.07) is 0. The monoisotopic (exact) mass is 162 g/mol. The first-order chi connectivity index (χ1) is 5.85. The lowest BCUT2D eigenvalue weighted by Crippen LogP contribution is -2.29. The van der Waals surface area contributed by atoms with Crippen LogP contribution in [0.2, 0.25) is 0 Å². The first-order valence-corrected chi connectivity index (χ1v) is 5.85. The van der Waals surface area contributed by atoms with Gasteiger partial charge in [-0.05, 0) is 61.2 Å². The van der Waals surface area contributed by atoms with Gasteiger partial charge in [0.15, 0.2) is 0 Å². The van der Waals surface area contributed by atoms with Gasteiger partial charge in [0.25, 0.3) is 0 Å². The Balaban J connectivity index is 1.81. The first-order valence-electron chi connectivity index (χ1n) is 5.85. The summed E-state index contributed by atoms with van der Waals surface area (Å²) in [4.78, 5) is 0. The lowest BCUT2D eigenvalue weighted by atomic mass is 9.66. The van der Waals surface area contributed by atoms with Crippen molar-refractivity contribution in [3.63, 3.8) is 0 Å². The minimum atomic E-state index is 0.936. The van der Waals surface area contributed by atoms with Crippen LogP contribution in [0, 0.1) is 22.7 Å². The number of rotatable bonds is 0. The number of fused-ring (bicyclic) bond motifs is 1. The third-order valence-electron chi connectivity index (χ3n) is 5.87. The zero-order chi connectivity index (χ0) is 7.81. The summed E-state index contributed by atoms with van der Waals surface area (Å²) in [6.45, 7) is 0. The van der Waals surface area contributed by atoms with Gasteiger partial charge < -0.3 is 0 Å². The maximum Gasteiger partial charge on any atom is -0.0255 e. The molecule has 0 radical (unpaired) electrons. The minimum Gasteiger partial charge on any atom is -0.0530 e. The smallest absolute Gasteiger partial charge is 0.0255 e. The van der Waals surface area contributed by atoms with Crippen molar-refractivity contribution in [3.8, 4) is 0 Å². The lowest BCUT2D eigenvalue weighted by Gasteiger charge is -2.38. The van der Waals surface area contributed by atoms with Crippen LogP contribution in [-0.2, 0) is 0 Å². The van der Waals surface area contributed by atoms with Gasteiger partial charge in [0.1, 0.15) is 0 Å². The molecule has 0 heterocycles. The molecule has 0 saturated heterocycles. The number of hydrogen-bond donors (Lipinski definition) is 0. The molecule has 0 nitrogen and oxygen atoms in total. The Morgan fingerprint density at radius 3 is 1.75 bits per heavy atom. The van der Waals surface area contributed by atoms with E-state index in [1.807, 2.05) is 0 Å². The predicted octanol–water partition coefficient (Wildman–Crippen LogP) is 3.37. The highest BCUT2D eigenvalue weighted by Crippen LogP contribution is 2.83. The van der Waals surface area contributed by atoms with Gasteiger partial charge in [-0.2, -0.15) is 0 Å². The Labute approximate surface area is 74.7 Å². The second-order valence-corrected chi connectivity index (χ2v) is 6.08. The summed E-state index contributed by atoms with van der Waals surface area (Å²) in [6.07, 6.45) is 12.9. The third kappa shape index (κ3) is 0.459. The molecule has 6 saturated carbocycles. The molecule has 0 aromatic rings. The van der Waals surface area contributed by atoms with Crippen molar-refractivity contribution >= 4 is 0 Å². The average molecular weight is 162 g/mol. The van der Waals surface area contributed by atoms with E-state index in [2.05, 4.69) is 0 Å². The van der Waals surface area contributed by atoms with Crippen LogP contribution in [0.5, 0.6) is 0 Å². The molecule has 0 aromatic carbocycles. The molecule has 6 aliphatic carbocycles. The van der Waals surface area contributed by atoms with Crippen molar-refractivity contribution in [1.29, 1.82) is 0 Å². The van der Waals surface area contributed by atoms with Gasteiger partial charge in [-0.1, -0.05) is 12.8 Å². The van der Waals surface area contributed by atoms with Gasteiger partial charge in [-0.3, -0.25) is 0 Å². The maximum atomic E-state index is 1.66. The van der Waals surface area contributed by atoms with Crippen molar-refractivity contribution in [1.82, 2.24) is 0 Å². The van der Waals surface area contributed by atoms with Gasteiger partial charge in [-0.25, -0.2) is 0 Å². The minimum absolute atomic E-state index is 0.936. The molecule has 2 atom stereocenters. The summed E-state index contributed by atoms with van der Waals surface area (Å²) in [5, 5.41) is 0. The highest BCUT2D eigenvalue weighted by atomic mass is 14.8. The molecule has 6 aliphatic rings. The second kappa shape index (κ2) is 1.63. The Bertz CT molecular complexity index is 210. The second-order valence-electron chi connectivity index (χ2n) is 6.08. The standard InChI is InChI=1S/C12H18/c1-2-4-10-9(3-1)11-5-6-12(10,7-11)8-11/h9-10H,1-8H2. The molecular formula is C12H18. The summed E-state index contributed by atoms with van der Waals surface area (Å²) >= 11 is 0. The molecule has 6 rings (SSSR count). The van der Waals surface area contributed by atoms with Gasteiger partial charge in [-0.15, -0.1) is 0 Å². The van der Waals surface area contributed by atoms with E-state index in [9.17, 15) is 0 Å². The molecule has 2 bridgehead atoms. The fraction of sp³-hybridized carbons (Fsp3) is 1.00. The number of hydrogen-bond acceptors (Lipinski definition) is 0. The van der Waals surface area contributed by atoms with Gasteiger partial charge >= 0.3 is 0 Å². The van der Waals surface area contributed by atoms with Gasteiger partial charge in [0.05, 0.1) is 0 Å². The van der Waals surface area contributed by atoms with Crippen LogP contribution >= 0.6 is 0 Å². The fourth-order valence-corrected chi connectivity index (χ4v) is 5.69. The first kappa shape index (κ1) is 6.45. The van der Waals surface area contributed by atoms with Crippen LogP contribution in [0.1, 0.15) is 51.4 Å². The Hall–Kier alpha value is 0. The molecule has 0 aliphatic heterocycles. The van der Waals surface area contributed by atoms with E-state index >= 15 is 0 Å². The summed E-state index contributed by atoms with van der Waals surface area (Å²) in [5.74, 6) is 2.42. The van der Waals surface area contributed by atoms with Crippen LogP contribution in [0.4, 0.5) is 0 Å². The molecular weight excluding hydrogens is 144 g/mol. The van der Waals surface area contributed by atoms with Crippen molar-refractivity contribution in [2.75, 3.05) is 0 Å². The maximum absolute atomic E-state index is 1.66. The van der Waals surface area contributed by atoms with Gasteiger partial charge in [0.2, 0.25) is 0 Å². The van der Waals surface area contributed by atoms with Crippen molar-refractivity contribution in [2.24, 2.45) is 22.7 Å². The Morgan fingerprint density at radius 2 is 1.25 bits per heavy atom. The molecule has 6 fully saturated rings. The van der Waals surface area contributed by atoms with Crippen LogP contribution in [-0.4, -0.2) is 0 Å². The van der Waals surface area contributed by atoms with E-state index in [0.717, 1.165) is 10.8 Å². The molecule has 12 heavy (non-hydrogen) atoms. The highest BCUT2D eigenvalue weighted by molar-refractivity contribution is 5.24. The van der Waals surface area contributed by atoms with E-state index in [-0.39, 0.29) is 0 Å². The predicted molar refractivity (Wildman–Crippen MR) is 48.8 cm³/mol. The highest BCUT2D eigenvalue weighted by Gasteiger charge is 2.74.